The highest BCUT2D eigenvalue weighted by molar-refractivity contribution is 7.10. The van der Waals surface area contributed by atoms with Crippen LogP contribution in [0, 0.1) is 5.92 Å². The van der Waals surface area contributed by atoms with Crippen molar-refractivity contribution in [3.05, 3.63) is 22.4 Å². The molecule has 16 heavy (non-hydrogen) atoms. The summed E-state index contributed by atoms with van der Waals surface area (Å²) in [6.07, 6.45) is 1.85. The first-order valence-electron chi connectivity index (χ1n) is 5.72. The number of hydrogen-bond donors (Lipinski definition) is 2. The van der Waals surface area contributed by atoms with E-state index in [0.717, 1.165) is 12.8 Å². The molecule has 4 heteroatoms. The van der Waals surface area contributed by atoms with E-state index >= 15 is 0 Å². The molecule has 1 unspecified atom stereocenters. The molecule has 3 nitrogen and oxygen atoms in total. The maximum atomic E-state index is 11.9. The van der Waals surface area contributed by atoms with Gasteiger partial charge >= 0.3 is 0 Å². The normalized spacial score (nSPS) is 14.4. The molecule has 0 aromatic carbocycles. The van der Waals surface area contributed by atoms with Crippen molar-refractivity contribution in [3.8, 4) is 0 Å². The van der Waals surface area contributed by atoms with Crippen LogP contribution in [0.25, 0.3) is 0 Å². The maximum absolute atomic E-state index is 11.9. The minimum absolute atomic E-state index is 0.0487. The fourth-order valence-electron chi connectivity index (χ4n) is 1.64. The van der Waals surface area contributed by atoms with Crippen molar-refractivity contribution in [2.24, 2.45) is 11.7 Å². The predicted octanol–water partition coefficient (Wildman–Crippen LogP) is 2.30. The van der Waals surface area contributed by atoms with Gasteiger partial charge in [-0.15, -0.1) is 11.3 Å². The van der Waals surface area contributed by atoms with Crippen LogP contribution in [0.2, 0.25) is 0 Å². The smallest absolute Gasteiger partial charge is 0.224 e. The molecular formula is C12H20N2OS. The van der Waals surface area contributed by atoms with Crippen LogP contribution >= 0.6 is 11.3 Å². The summed E-state index contributed by atoms with van der Waals surface area (Å²) in [7, 11) is 0. The molecule has 0 radical (unpaired) electrons. The first-order valence-corrected chi connectivity index (χ1v) is 6.60. The molecule has 1 rings (SSSR count). The van der Waals surface area contributed by atoms with Gasteiger partial charge in [-0.3, -0.25) is 4.79 Å². The van der Waals surface area contributed by atoms with E-state index in [4.69, 9.17) is 5.73 Å². The van der Waals surface area contributed by atoms with Crippen LogP contribution in [0.15, 0.2) is 17.5 Å². The van der Waals surface area contributed by atoms with Crippen molar-refractivity contribution >= 4 is 17.2 Å². The van der Waals surface area contributed by atoms with Crippen LogP contribution in [0.1, 0.15) is 37.6 Å². The van der Waals surface area contributed by atoms with Crippen LogP contribution < -0.4 is 11.1 Å². The van der Waals surface area contributed by atoms with Gasteiger partial charge in [-0.05, 0) is 24.8 Å². The van der Waals surface area contributed by atoms with Crippen molar-refractivity contribution < 1.29 is 4.79 Å². The Morgan fingerprint density at radius 3 is 2.88 bits per heavy atom. The van der Waals surface area contributed by atoms with Crippen molar-refractivity contribution in [1.29, 1.82) is 0 Å². The van der Waals surface area contributed by atoms with E-state index in [1.165, 1.54) is 4.88 Å². The Balaban J connectivity index is 2.50. The summed E-state index contributed by atoms with van der Waals surface area (Å²) in [6.45, 7) is 4.50. The predicted molar refractivity (Wildman–Crippen MR) is 68.3 cm³/mol. The highest BCUT2D eigenvalue weighted by atomic mass is 32.1. The standard InChI is InChI=1S/C12H20N2OS/c1-3-5-10(8-13)12(15)14-9(2)11-6-4-7-16-11/h4,6-7,9-10H,3,5,8,13H2,1-2H3,(H,14,15)/t9-,10?/m0/s1. The zero-order chi connectivity index (χ0) is 12.0. The summed E-state index contributed by atoms with van der Waals surface area (Å²) in [6, 6.07) is 4.11. The Labute approximate surface area is 101 Å². The summed E-state index contributed by atoms with van der Waals surface area (Å²) in [4.78, 5) is 13.1. The molecule has 0 saturated heterocycles. The Bertz CT molecular complexity index is 311. The van der Waals surface area contributed by atoms with E-state index in [-0.39, 0.29) is 17.9 Å². The van der Waals surface area contributed by atoms with E-state index in [9.17, 15) is 4.79 Å². The first kappa shape index (κ1) is 13.2. The quantitative estimate of drug-likeness (QED) is 0.801. The Kier molecular flexibility index (Phi) is 5.49. The van der Waals surface area contributed by atoms with Gasteiger partial charge in [0.15, 0.2) is 0 Å². The molecule has 3 N–H and O–H groups in total. The van der Waals surface area contributed by atoms with E-state index in [2.05, 4.69) is 12.2 Å². The second kappa shape index (κ2) is 6.66. The van der Waals surface area contributed by atoms with Gasteiger partial charge in [0.1, 0.15) is 0 Å². The second-order valence-corrected chi connectivity index (χ2v) is 4.95. The van der Waals surface area contributed by atoms with Crippen LogP contribution in [0.5, 0.6) is 0 Å². The number of rotatable bonds is 6. The van der Waals surface area contributed by atoms with Gasteiger partial charge in [-0.1, -0.05) is 19.4 Å². The molecule has 0 bridgehead atoms. The molecule has 1 aromatic heterocycles. The lowest BCUT2D eigenvalue weighted by Crippen LogP contribution is -2.36. The van der Waals surface area contributed by atoms with E-state index < -0.39 is 0 Å². The average Bonchev–Trinajstić information content (AvgIpc) is 2.78. The lowest BCUT2D eigenvalue weighted by atomic mass is 10.0. The van der Waals surface area contributed by atoms with Crippen molar-refractivity contribution in [2.75, 3.05) is 6.54 Å². The van der Waals surface area contributed by atoms with Gasteiger partial charge in [0.25, 0.3) is 0 Å². The summed E-state index contributed by atoms with van der Waals surface area (Å²) >= 11 is 1.66. The molecule has 0 aliphatic carbocycles. The molecule has 0 saturated carbocycles. The lowest BCUT2D eigenvalue weighted by Gasteiger charge is -2.17. The highest BCUT2D eigenvalue weighted by Crippen LogP contribution is 2.18. The third-order valence-corrected chi connectivity index (χ3v) is 3.68. The van der Waals surface area contributed by atoms with Crippen molar-refractivity contribution in [1.82, 2.24) is 5.32 Å². The summed E-state index contributed by atoms with van der Waals surface area (Å²) in [5, 5.41) is 5.03. The Hall–Kier alpha value is -0.870. The molecule has 1 amide bonds. The zero-order valence-corrected chi connectivity index (χ0v) is 10.7. The maximum Gasteiger partial charge on any atom is 0.224 e. The molecule has 2 atom stereocenters. The third-order valence-electron chi connectivity index (χ3n) is 2.62. The van der Waals surface area contributed by atoms with Crippen LogP contribution in [0.3, 0.4) is 0 Å². The molecule has 90 valence electrons. The summed E-state index contributed by atoms with van der Waals surface area (Å²) in [5.41, 5.74) is 5.60. The number of nitrogens with two attached hydrogens (primary N) is 1. The first-order chi connectivity index (χ1) is 7.69. The van der Waals surface area contributed by atoms with Crippen LogP contribution in [-0.4, -0.2) is 12.5 Å². The molecular weight excluding hydrogens is 220 g/mol. The number of carbonyl (C=O) groups excluding carboxylic acids is 1. The van der Waals surface area contributed by atoms with E-state index in [0.29, 0.717) is 6.54 Å². The minimum Gasteiger partial charge on any atom is -0.348 e. The van der Waals surface area contributed by atoms with Gasteiger partial charge in [0, 0.05) is 11.4 Å². The largest absolute Gasteiger partial charge is 0.348 e. The average molecular weight is 240 g/mol. The number of hydrogen-bond acceptors (Lipinski definition) is 3. The number of amides is 1. The lowest BCUT2D eigenvalue weighted by molar-refractivity contribution is -0.125. The Morgan fingerprint density at radius 2 is 2.38 bits per heavy atom. The van der Waals surface area contributed by atoms with Gasteiger partial charge < -0.3 is 11.1 Å². The van der Waals surface area contributed by atoms with E-state index in [1.54, 1.807) is 11.3 Å². The minimum atomic E-state index is -0.0487. The topological polar surface area (TPSA) is 55.1 Å². The van der Waals surface area contributed by atoms with Gasteiger partial charge in [-0.2, -0.15) is 0 Å². The molecule has 0 fully saturated rings. The summed E-state index contributed by atoms with van der Waals surface area (Å²) in [5.74, 6) is 0.0256. The number of carbonyl (C=O) groups is 1. The van der Waals surface area contributed by atoms with Gasteiger partial charge in [0.2, 0.25) is 5.91 Å². The second-order valence-electron chi connectivity index (χ2n) is 3.97. The van der Waals surface area contributed by atoms with Crippen molar-refractivity contribution in [3.63, 3.8) is 0 Å². The molecule has 0 aliphatic rings. The van der Waals surface area contributed by atoms with Gasteiger partial charge in [-0.25, -0.2) is 0 Å². The Morgan fingerprint density at radius 1 is 1.62 bits per heavy atom. The summed E-state index contributed by atoms with van der Waals surface area (Å²) < 4.78 is 0. The fourth-order valence-corrected chi connectivity index (χ4v) is 2.38. The SMILES string of the molecule is CCCC(CN)C(=O)N[C@@H](C)c1cccs1. The fraction of sp³-hybridized carbons (Fsp3) is 0.583. The molecule has 0 spiro atoms. The zero-order valence-electron chi connectivity index (χ0n) is 9.90. The monoisotopic (exact) mass is 240 g/mol. The van der Waals surface area contributed by atoms with Gasteiger partial charge in [0.05, 0.1) is 12.0 Å². The molecule has 0 aliphatic heterocycles. The van der Waals surface area contributed by atoms with Crippen molar-refractivity contribution in [2.45, 2.75) is 32.7 Å². The highest BCUT2D eigenvalue weighted by Gasteiger charge is 2.18. The molecule has 1 aromatic rings. The molecule has 1 heterocycles. The number of thiophene rings is 1. The van der Waals surface area contributed by atoms with Crippen LogP contribution in [-0.2, 0) is 4.79 Å². The van der Waals surface area contributed by atoms with Crippen LogP contribution in [0.4, 0.5) is 0 Å². The third kappa shape index (κ3) is 3.61. The van der Waals surface area contributed by atoms with E-state index in [1.807, 2.05) is 24.4 Å². The number of nitrogens with one attached hydrogen (secondary N) is 1.